The Hall–Kier alpha value is -1.62. The van der Waals surface area contributed by atoms with Gasteiger partial charge in [-0.1, -0.05) is 0 Å². The summed E-state index contributed by atoms with van der Waals surface area (Å²) in [6.07, 6.45) is 0.802. The van der Waals surface area contributed by atoms with E-state index in [2.05, 4.69) is 21.0 Å². The zero-order valence-electron chi connectivity index (χ0n) is 10.2. The van der Waals surface area contributed by atoms with E-state index < -0.39 is 0 Å². The molecule has 0 saturated carbocycles. The lowest BCUT2D eigenvalue weighted by Gasteiger charge is -2.06. The molecule has 0 aliphatic carbocycles. The normalized spacial score (nSPS) is 10.4. The van der Waals surface area contributed by atoms with Crippen molar-refractivity contribution in [3.8, 4) is 5.75 Å². The Kier molecular flexibility index (Phi) is 3.81. The molecule has 1 heterocycles. The van der Waals surface area contributed by atoms with Gasteiger partial charge in [-0.15, -0.1) is 0 Å². The average Bonchev–Trinajstić information content (AvgIpc) is 2.67. The first-order valence-electron chi connectivity index (χ1n) is 5.47. The molecule has 0 radical (unpaired) electrons. The van der Waals surface area contributed by atoms with Crippen molar-refractivity contribution >= 4 is 22.2 Å². The molecular formula is C13H13BrN2O2. The van der Waals surface area contributed by atoms with E-state index in [4.69, 9.17) is 4.74 Å². The van der Waals surface area contributed by atoms with Crippen LogP contribution in [0.5, 0.6) is 5.75 Å². The van der Waals surface area contributed by atoms with Crippen molar-refractivity contribution in [2.45, 2.75) is 13.5 Å². The first-order chi connectivity index (χ1) is 8.60. The maximum absolute atomic E-state index is 10.6. The summed E-state index contributed by atoms with van der Waals surface area (Å²) in [5.41, 5.74) is 2.58. The minimum Gasteiger partial charge on any atom is -0.486 e. The van der Waals surface area contributed by atoms with Gasteiger partial charge in [-0.25, -0.2) is 0 Å². The molecule has 2 aromatic rings. The van der Waals surface area contributed by atoms with Crippen molar-refractivity contribution in [1.29, 1.82) is 0 Å². The molecule has 0 N–H and O–H groups in total. The first kappa shape index (κ1) is 12.8. The van der Waals surface area contributed by atoms with E-state index >= 15 is 0 Å². The summed E-state index contributed by atoms with van der Waals surface area (Å²) in [7, 11) is 1.90. The number of rotatable bonds is 4. The van der Waals surface area contributed by atoms with Crippen LogP contribution < -0.4 is 4.74 Å². The van der Waals surface area contributed by atoms with E-state index in [1.807, 2.05) is 24.7 Å². The minimum absolute atomic E-state index is 0.403. The number of carbonyl (C=O) groups excluding carboxylic acids is 1. The summed E-state index contributed by atoms with van der Waals surface area (Å²) in [5.74, 6) is 0.698. The summed E-state index contributed by atoms with van der Waals surface area (Å²) in [6, 6.07) is 7.19. The lowest BCUT2D eigenvalue weighted by Crippen LogP contribution is -1.99. The van der Waals surface area contributed by atoms with E-state index in [-0.39, 0.29) is 0 Å². The highest BCUT2D eigenvalue weighted by Gasteiger charge is 2.05. The number of nitrogens with zero attached hydrogens (tertiary/aromatic N) is 2. The molecular weight excluding hydrogens is 296 g/mol. The topological polar surface area (TPSA) is 44.1 Å². The third kappa shape index (κ3) is 2.79. The molecule has 0 unspecified atom stereocenters. The number of aromatic nitrogens is 2. The number of aldehydes is 1. The third-order valence-corrected chi connectivity index (χ3v) is 3.25. The number of halogens is 1. The van der Waals surface area contributed by atoms with Gasteiger partial charge in [0.05, 0.1) is 4.47 Å². The van der Waals surface area contributed by atoms with E-state index in [9.17, 15) is 4.79 Å². The number of hydrogen-bond acceptors (Lipinski definition) is 3. The molecule has 1 aromatic heterocycles. The number of aryl methyl sites for hydroxylation is 2. The molecule has 0 aliphatic heterocycles. The van der Waals surface area contributed by atoms with E-state index in [0.717, 1.165) is 22.1 Å². The number of benzene rings is 1. The zero-order chi connectivity index (χ0) is 13.1. The first-order valence-corrected chi connectivity index (χ1v) is 6.26. The van der Waals surface area contributed by atoms with Crippen LogP contribution in [-0.2, 0) is 13.7 Å². The lowest BCUT2D eigenvalue weighted by molar-refractivity contribution is 0.112. The summed E-state index contributed by atoms with van der Waals surface area (Å²) in [4.78, 5) is 10.6. The maximum atomic E-state index is 10.6. The Labute approximate surface area is 114 Å². The zero-order valence-corrected chi connectivity index (χ0v) is 11.8. The molecule has 0 spiro atoms. The van der Waals surface area contributed by atoms with E-state index in [1.165, 1.54) is 0 Å². The van der Waals surface area contributed by atoms with Gasteiger partial charge in [-0.2, -0.15) is 5.10 Å². The molecule has 94 valence electrons. The maximum Gasteiger partial charge on any atom is 0.150 e. The smallest absolute Gasteiger partial charge is 0.150 e. The molecule has 0 aliphatic rings. The fourth-order valence-corrected chi connectivity index (χ4v) is 2.08. The van der Waals surface area contributed by atoms with Crippen LogP contribution in [0.4, 0.5) is 0 Å². The average molecular weight is 309 g/mol. The van der Waals surface area contributed by atoms with Crippen LogP contribution >= 0.6 is 15.9 Å². The third-order valence-electron chi connectivity index (χ3n) is 2.63. The quantitative estimate of drug-likeness (QED) is 0.816. The van der Waals surface area contributed by atoms with Gasteiger partial charge in [-0.05, 0) is 47.1 Å². The largest absolute Gasteiger partial charge is 0.486 e. The number of hydrogen-bond donors (Lipinski definition) is 0. The monoisotopic (exact) mass is 308 g/mol. The summed E-state index contributed by atoms with van der Waals surface area (Å²) >= 11 is 3.37. The highest BCUT2D eigenvalue weighted by atomic mass is 79.9. The molecule has 2 rings (SSSR count). The van der Waals surface area contributed by atoms with Gasteiger partial charge in [0.1, 0.15) is 24.3 Å². The van der Waals surface area contributed by atoms with Gasteiger partial charge in [0.25, 0.3) is 0 Å². The Morgan fingerprint density at radius 2 is 2.22 bits per heavy atom. The second-order valence-electron chi connectivity index (χ2n) is 4.00. The fourth-order valence-electron chi connectivity index (χ4n) is 1.56. The van der Waals surface area contributed by atoms with Gasteiger partial charge < -0.3 is 4.74 Å². The van der Waals surface area contributed by atoms with E-state index in [0.29, 0.717) is 17.9 Å². The van der Waals surface area contributed by atoms with Crippen LogP contribution in [0.3, 0.4) is 0 Å². The molecule has 18 heavy (non-hydrogen) atoms. The molecule has 4 nitrogen and oxygen atoms in total. The van der Waals surface area contributed by atoms with Gasteiger partial charge in [-0.3, -0.25) is 9.48 Å². The minimum atomic E-state index is 0.403. The van der Waals surface area contributed by atoms with Crippen molar-refractivity contribution in [2.24, 2.45) is 7.05 Å². The Balaban J connectivity index is 2.08. The van der Waals surface area contributed by atoms with Crippen LogP contribution in [0.2, 0.25) is 0 Å². The van der Waals surface area contributed by atoms with Crippen molar-refractivity contribution in [3.05, 3.63) is 45.7 Å². The highest BCUT2D eigenvalue weighted by molar-refractivity contribution is 9.10. The predicted molar refractivity (Wildman–Crippen MR) is 71.8 cm³/mol. The molecule has 5 heteroatoms. The molecule has 0 fully saturated rings. The summed E-state index contributed by atoms with van der Waals surface area (Å²) < 4.78 is 8.22. The Bertz CT molecular complexity index is 559. The van der Waals surface area contributed by atoms with Gasteiger partial charge in [0, 0.05) is 18.3 Å². The van der Waals surface area contributed by atoms with Crippen molar-refractivity contribution in [2.75, 3.05) is 0 Å². The van der Waals surface area contributed by atoms with Crippen LogP contribution in [0, 0.1) is 6.92 Å². The number of carbonyl (C=O) groups is 1. The lowest BCUT2D eigenvalue weighted by atomic mass is 10.2. The predicted octanol–water partition coefficient (Wildman–Crippen LogP) is 2.88. The van der Waals surface area contributed by atoms with Gasteiger partial charge >= 0.3 is 0 Å². The van der Waals surface area contributed by atoms with Crippen molar-refractivity contribution in [1.82, 2.24) is 9.78 Å². The molecule has 0 saturated heterocycles. The number of ether oxygens (including phenoxy) is 1. The Morgan fingerprint density at radius 3 is 2.78 bits per heavy atom. The van der Waals surface area contributed by atoms with Crippen LogP contribution in [-0.4, -0.2) is 16.1 Å². The van der Waals surface area contributed by atoms with Crippen molar-refractivity contribution < 1.29 is 9.53 Å². The Morgan fingerprint density at radius 1 is 1.44 bits per heavy atom. The summed E-state index contributed by atoms with van der Waals surface area (Å²) in [6.45, 7) is 2.39. The summed E-state index contributed by atoms with van der Waals surface area (Å²) in [5, 5.41) is 4.31. The highest BCUT2D eigenvalue weighted by Crippen LogP contribution is 2.26. The SMILES string of the molecule is Cc1cc(COc2ccc(C=O)cc2Br)nn1C. The van der Waals surface area contributed by atoms with Gasteiger partial charge in [0.15, 0.2) is 0 Å². The van der Waals surface area contributed by atoms with Crippen LogP contribution in [0.15, 0.2) is 28.7 Å². The molecule has 0 atom stereocenters. The second-order valence-corrected chi connectivity index (χ2v) is 4.85. The molecule has 0 bridgehead atoms. The van der Waals surface area contributed by atoms with Crippen LogP contribution in [0.1, 0.15) is 21.7 Å². The molecule has 1 aromatic carbocycles. The standard InChI is InChI=1S/C13H13BrN2O2/c1-9-5-11(15-16(9)2)8-18-13-4-3-10(7-17)6-12(13)14/h3-7H,8H2,1-2H3. The van der Waals surface area contributed by atoms with E-state index in [1.54, 1.807) is 18.2 Å². The van der Waals surface area contributed by atoms with Crippen molar-refractivity contribution in [3.63, 3.8) is 0 Å². The van der Waals surface area contributed by atoms with Crippen LogP contribution in [0.25, 0.3) is 0 Å². The molecule has 0 amide bonds. The van der Waals surface area contributed by atoms with Gasteiger partial charge in [0.2, 0.25) is 0 Å². The second kappa shape index (κ2) is 5.35. The fraction of sp³-hybridized carbons (Fsp3) is 0.231.